The first kappa shape index (κ1) is 11.4. The highest BCUT2D eigenvalue weighted by molar-refractivity contribution is 7.16. The van der Waals surface area contributed by atoms with E-state index in [1.807, 2.05) is 6.07 Å². The molecule has 1 fully saturated rings. The second kappa shape index (κ2) is 4.83. The van der Waals surface area contributed by atoms with Crippen LogP contribution in [-0.4, -0.2) is 0 Å². The van der Waals surface area contributed by atoms with Gasteiger partial charge in [-0.1, -0.05) is 31.4 Å². The van der Waals surface area contributed by atoms with Crippen molar-refractivity contribution in [1.29, 1.82) is 0 Å². The van der Waals surface area contributed by atoms with Gasteiger partial charge in [-0.2, -0.15) is 0 Å². The van der Waals surface area contributed by atoms with Gasteiger partial charge in [-0.3, -0.25) is 11.3 Å². The lowest BCUT2D eigenvalue weighted by Crippen LogP contribution is -2.34. The highest BCUT2D eigenvalue weighted by atomic mass is 35.5. The summed E-state index contributed by atoms with van der Waals surface area (Å²) in [6.45, 7) is 2.32. The van der Waals surface area contributed by atoms with Crippen LogP contribution in [0.2, 0.25) is 4.34 Å². The monoisotopic (exact) mass is 244 g/mol. The molecule has 3 N–H and O–H groups in total. The number of nitrogens with one attached hydrogen (secondary N) is 1. The maximum absolute atomic E-state index is 5.95. The largest absolute Gasteiger partial charge is 0.271 e. The van der Waals surface area contributed by atoms with Crippen LogP contribution in [0.5, 0.6) is 0 Å². The average Bonchev–Trinajstić information content (AvgIpc) is 2.79. The van der Waals surface area contributed by atoms with Crippen molar-refractivity contribution in [3.05, 3.63) is 21.3 Å². The van der Waals surface area contributed by atoms with Gasteiger partial charge in [0.25, 0.3) is 0 Å². The Morgan fingerprint density at radius 2 is 2.33 bits per heavy atom. The molecule has 1 aromatic heterocycles. The Kier molecular flexibility index (Phi) is 3.67. The summed E-state index contributed by atoms with van der Waals surface area (Å²) in [5.41, 5.74) is 2.96. The van der Waals surface area contributed by atoms with Gasteiger partial charge in [-0.05, 0) is 30.4 Å². The second-order valence-electron chi connectivity index (χ2n) is 4.36. The Morgan fingerprint density at radius 3 is 2.80 bits per heavy atom. The molecule has 0 amide bonds. The van der Waals surface area contributed by atoms with E-state index in [0.29, 0.717) is 5.92 Å². The normalized spacial score (nSPS) is 28.2. The molecule has 15 heavy (non-hydrogen) atoms. The van der Waals surface area contributed by atoms with Gasteiger partial charge in [0.2, 0.25) is 0 Å². The summed E-state index contributed by atoms with van der Waals surface area (Å²) in [7, 11) is 0. The van der Waals surface area contributed by atoms with E-state index in [1.165, 1.54) is 24.1 Å². The van der Waals surface area contributed by atoms with E-state index >= 15 is 0 Å². The van der Waals surface area contributed by atoms with Crippen LogP contribution >= 0.6 is 22.9 Å². The predicted octanol–water partition coefficient (Wildman–Crippen LogP) is 3.34. The Balaban J connectivity index is 2.16. The van der Waals surface area contributed by atoms with E-state index in [4.69, 9.17) is 17.4 Å². The first-order valence-corrected chi connectivity index (χ1v) is 6.63. The van der Waals surface area contributed by atoms with E-state index < -0.39 is 0 Å². The lowest BCUT2D eigenvalue weighted by atomic mass is 9.90. The van der Waals surface area contributed by atoms with Crippen LogP contribution in [-0.2, 0) is 0 Å². The number of hydrogen-bond acceptors (Lipinski definition) is 3. The first-order valence-electron chi connectivity index (χ1n) is 5.43. The summed E-state index contributed by atoms with van der Waals surface area (Å²) in [6, 6.07) is 4.31. The van der Waals surface area contributed by atoms with Gasteiger partial charge >= 0.3 is 0 Å². The molecule has 3 unspecified atom stereocenters. The van der Waals surface area contributed by atoms with E-state index in [9.17, 15) is 0 Å². The van der Waals surface area contributed by atoms with Crippen molar-refractivity contribution in [1.82, 2.24) is 5.43 Å². The molecule has 0 aliphatic heterocycles. The number of nitrogens with two attached hydrogens (primary N) is 1. The predicted molar refractivity (Wildman–Crippen MR) is 65.9 cm³/mol. The van der Waals surface area contributed by atoms with Crippen molar-refractivity contribution in [3.8, 4) is 0 Å². The second-order valence-corrected chi connectivity index (χ2v) is 6.10. The minimum Gasteiger partial charge on any atom is -0.271 e. The van der Waals surface area contributed by atoms with Gasteiger partial charge in [-0.25, -0.2) is 0 Å². The van der Waals surface area contributed by atoms with Gasteiger partial charge < -0.3 is 0 Å². The molecule has 1 heterocycles. The summed E-state index contributed by atoms with van der Waals surface area (Å²) in [4.78, 5) is 1.27. The molecule has 0 bridgehead atoms. The van der Waals surface area contributed by atoms with Crippen LogP contribution in [0.15, 0.2) is 12.1 Å². The number of halogens is 1. The maximum atomic E-state index is 5.95. The first-order chi connectivity index (χ1) is 7.22. The molecule has 2 nitrogen and oxygen atoms in total. The summed E-state index contributed by atoms with van der Waals surface area (Å²) >= 11 is 7.59. The fraction of sp³-hybridized carbons (Fsp3) is 0.636. The van der Waals surface area contributed by atoms with Crippen molar-refractivity contribution in [2.45, 2.75) is 32.2 Å². The maximum Gasteiger partial charge on any atom is 0.0931 e. The molecule has 1 aliphatic carbocycles. The molecular formula is C11H17ClN2S. The van der Waals surface area contributed by atoms with Crippen molar-refractivity contribution in [3.63, 3.8) is 0 Å². The van der Waals surface area contributed by atoms with Crippen LogP contribution in [0.4, 0.5) is 0 Å². The summed E-state index contributed by atoms with van der Waals surface area (Å²) in [6.07, 6.45) is 3.91. The summed E-state index contributed by atoms with van der Waals surface area (Å²) in [5.74, 6) is 7.08. The molecule has 0 spiro atoms. The number of hydrogen-bond donors (Lipinski definition) is 2. The van der Waals surface area contributed by atoms with Crippen molar-refractivity contribution >= 4 is 22.9 Å². The van der Waals surface area contributed by atoms with Crippen LogP contribution in [0.3, 0.4) is 0 Å². The number of rotatable bonds is 3. The third kappa shape index (κ3) is 2.36. The molecule has 1 saturated carbocycles. The van der Waals surface area contributed by atoms with E-state index in [2.05, 4.69) is 18.4 Å². The molecule has 1 aromatic rings. The quantitative estimate of drug-likeness (QED) is 0.632. The molecular weight excluding hydrogens is 228 g/mol. The van der Waals surface area contributed by atoms with Gasteiger partial charge in [0, 0.05) is 4.88 Å². The standard InChI is InChI=1S/C11H17ClN2S/c1-7-3-2-4-8(7)11(14-13)9-5-6-10(12)15-9/h5-8,11,14H,2-4,13H2,1H3. The van der Waals surface area contributed by atoms with Crippen molar-refractivity contribution < 1.29 is 0 Å². The lowest BCUT2D eigenvalue weighted by Gasteiger charge is -2.25. The van der Waals surface area contributed by atoms with Crippen LogP contribution < -0.4 is 11.3 Å². The lowest BCUT2D eigenvalue weighted by molar-refractivity contribution is 0.308. The zero-order valence-corrected chi connectivity index (χ0v) is 10.4. The number of hydrazine groups is 1. The SMILES string of the molecule is CC1CCCC1C(NN)c1ccc(Cl)s1. The van der Waals surface area contributed by atoms with E-state index in [0.717, 1.165) is 10.3 Å². The molecule has 84 valence electrons. The van der Waals surface area contributed by atoms with Crippen LogP contribution in [0, 0.1) is 11.8 Å². The molecule has 0 saturated heterocycles. The van der Waals surface area contributed by atoms with Gasteiger partial charge in [0.1, 0.15) is 0 Å². The highest BCUT2D eigenvalue weighted by Gasteiger charge is 2.31. The Hall–Kier alpha value is -0.0900. The van der Waals surface area contributed by atoms with Gasteiger partial charge in [-0.15, -0.1) is 11.3 Å². The third-order valence-electron chi connectivity index (χ3n) is 3.44. The topological polar surface area (TPSA) is 38.0 Å². The summed E-state index contributed by atoms with van der Waals surface area (Å²) < 4.78 is 0.843. The minimum absolute atomic E-state index is 0.278. The van der Waals surface area contributed by atoms with E-state index in [1.54, 1.807) is 11.3 Å². The van der Waals surface area contributed by atoms with Crippen LogP contribution in [0.1, 0.15) is 37.1 Å². The summed E-state index contributed by atoms with van der Waals surface area (Å²) in [5, 5.41) is 0. The molecule has 4 heteroatoms. The Labute approximate surface area is 99.8 Å². The minimum atomic E-state index is 0.278. The highest BCUT2D eigenvalue weighted by Crippen LogP contribution is 2.41. The average molecular weight is 245 g/mol. The van der Waals surface area contributed by atoms with Gasteiger partial charge in [0.05, 0.1) is 10.4 Å². The van der Waals surface area contributed by atoms with Crippen molar-refractivity contribution in [2.24, 2.45) is 17.7 Å². The Bertz CT molecular complexity index is 326. The van der Waals surface area contributed by atoms with Gasteiger partial charge in [0.15, 0.2) is 0 Å². The third-order valence-corrected chi connectivity index (χ3v) is 4.75. The van der Waals surface area contributed by atoms with Crippen molar-refractivity contribution in [2.75, 3.05) is 0 Å². The fourth-order valence-electron chi connectivity index (χ4n) is 2.58. The molecule has 2 rings (SSSR count). The van der Waals surface area contributed by atoms with E-state index in [-0.39, 0.29) is 6.04 Å². The molecule has 1 aliphatic rings. The molecule has 3 atom stereocenters. The molecule has 0 aromatic carbocycles. The Morgan fingerprint density at radius 1 is 1.53 bits per heavy atom. The molecule has 0 radical (unpaired) electrons. The van der Waals surface area contributed by atoms with Crippen LogP contribution in [0.25, 0.3) is 0 Å². The fourth-order valence-corrected chi connectivity index (χ4v) is 3.78. The zero-order valence-electron chi connectivity index (χ0n) is 8.87. The zero-order chi connectivity index (χ0) is 10.8. The smallest absolute Gasteiger partial charge is 0.0931 e. The number of thiophene rings is 1.